The summed E-state index contributed by atoms with van der Waals surface area (Å²) in [5.74, 6) is 0. The lowest BCUT2D eigenvalue weighted by atomic mass is 10.1. The molecule has 1 atom stereocenters. The average molecular weight is 276 g/mol. The van der Waals surface area contributed by atoms with Crippen molar-refractivity contribution < 1.29 is 4.74 Å². The number of nitrogens with zero attached hydrogens (tertiary/aromatic N) is 3. The molecule has 0 bridgehead atoms. The number of ether oxygens (including phenoxy) is 1. The summed E-state index contributed by atoms with van der Waals surface area (Å²) < 4.78 is 5.59. The molecule has 1 aliphatic heterocycles. The second-order valence-corrected chi connectivity index (χ2v) is 4.01. The molecule has 0 aliphatic carbocycles. The fraction of sp³-hybridized carbons (Fsp3) is 0.143. The van der Waals surface area contributed by atoms with Crippen LogP contribution >= 0.6 is 12.4 Å². The molecule has 0 saturated carbocycles. The number of halogens is 1. The SMILES string of the molecule is COC1c2ccccc2N=CN1c1cccnc1.Cl. The number of fused-ring (bicyclic) bond motifs is 1. The minimum absolute atomic E-state index is 0. The van der Waals surface area contributed by atoms with Gasteiger partial charge < -0.3 is 9.64 Å². The molecule has 1 aromatic heterocycles. The Labute approximate surface area is 118 Å². The summed E-state index contributed by atoms with van der Waals surface area (Å²) in [7, 11) is 1.70. The predicted molar refractivity (Wildman–Crippen MR) is 78.3 cm³/mol. The van der Waals surface area contributed by atoms with Crippen molar-refractivity contribution in [1.29, 1.82) is 0 Å². The van der Waals surface area contributed by atoms with E-state index in [0.717, 1.165) is 16.9 Å². The molecule has 0 N–H and O–H groups in total. The minimum atomic E-state index is -0.164. The maximum atomic E-state index is 5.59. The van der Waals surface area contributed by atoms with Crippen molar-refractivity contribution in [2.75, 3.05) is 12.0 Å². The van der Waals surface area contributed by atoms with E-state index in [4.69, 9.17) is 4.74 Å². The zero-order chi connectivity index (χ0) is 12.4. The molecule has 1 unspecified atom stereocenters. The summed E-state index contributed by atoms with van der Waals surface area (Å²) in [6.07, 6.45) is 5.17. The van der Waals surface area contributed by atoms with E-state index in [9.17, 15) is 0 Å². The van der Waals surface area contributed by atoms with Gasteiger partial charge in [-0.1, -0.05) is 18.2 Å². The molecule has 0 spiro atoms. The summed E-state index contributed by atoms with van der Waals surface area (Å²) >= 11 is 0. The number of pyridine rings is 1. The maximum Gasteiger partial charge on any atom is 0.163 e. The van der Waals surface area contributed by atoms with Crippen LogP contribution in [0.15, 0.2) is 53.8 Å². The van der Waals surface area contributed by atoms with Gasteiger partial charge in [-0.25, -0.2) is 4.99 Å². The van der Waals surface area contributed by atoms with Crippen molar-refractivity contribution in [3.05, 3.63) is 54.4 Å². The van der Waals surface area contributed by atoms with Crippen LogP contribution in [0.3, 0.4) is 0 Å². The van der Waals surface area contributed by atoms with Gasteiger partial charge >= 0.3 is 0 Å². The van der Waals surface area contributed by atoms with E-state index in [2.05, 4.69) is 9.98 Å². The van der Waals surface area contributed by atoms with Gasteiger partial charge in [0.15, 0.2) is 6.23 Å². The van der Waals surface area contributed by atoms with Crippen molar-refractivity contribution >= 4 is 30.1 Å². The van der Waals surface area contributed by atoms with Crippen molar-refractivity contribution in [1.82, 2.24) is 4.98 Å². The summed E-state index contributed by atoms with van der Waals surface area (Å²) in [5.41, 5.74) is 2.97. The van der Waals surface area contributed by atoms with Crippen LogP contribution in [0.25, 0.3) is 0 Å². The van der Waals surface area contributed by atoms with E-state index in [1.54, 1.807) is 25.8 Å². The topological polar surface area (TPSA) is 37.7 Å². The van der Waals surface area contributed by atoms with E-state index < -0.39 is 0 Å². The lowest BCUT2D eigenvalue weighted by molar-refractivity contribution is 0.111. The molecule has 4 nitrogen and oxygen atoms in total. The van der Waals surface area contributed by atoms with Crippen LogP contribution in [0.1, 0.15) is 11.8 Å². The highest BCUT2D eigenvalue weighted by Gasteiger charge is 2.25. The third-order valence-corrected chi connectivity index (χ3v) is 2.94. The van der Waals surface area contributed by atoms with E-state index >= 15 is 0 Å². The molecule has 0 saturated heterocycles. The van der Waals surface area contributed by atoms with E-state index in [1.165, 1.54) is 0 Å². The van der Waals surface area contributed by atoms with Crippen LogP contribution in [0.4, 0.5) is 11.4 Å². The lowest BCUT2D eigenvalue weighted by Crippen LogP contribution is -2.30. The molecule has 2 aromatic rings. The van der Waals surface area contributed by atoms with E-state index in [-0.39, 0.29) is 18.6 Å². The van der Waals surface area contributed by atoms with Gasteiger partial charge in [-0.15, -0.1) is 12.4 Å². The van der Waals surface area contributed by atoms with Crippen LogP contribution in [-0.2, 0) is 4.74 Å². The van der Waals surface area contributed by atoms with Gasteiger partial charge in [0.05, 0.1) is 23.9 Å². The van der Waals surface area contributed by atoms with Gasteiger partial charge in [-0.2, -0.15) is 0 Å². The first-order valence-corrected chi connectivity index (χ1v) is 5.74. The van der Waals surface area contributed by atoms with Crippen molar-refractivity contribution in [2.45, 2.75) is 6.23 Å². The zero-order valence-corrected chi connectivity index (χ0v) is 11.2. The first-order chi connectivity index (χ1) is 8.90. The van der Waals surface area contributed by atoms with Crippen LogP contribution < -0.4 is 4.90 Å². The Morgan fingerprint density at radius 2 is 2.00 bits per heavy atom. The molecule has 0 amide bonds. The van der Waals surface area contributed by atoms with Crippen LogP contribution in [-0.4, -0.2) is 18.4 Å². The summed E-state index contributed by atoms with van der Waals surface area (Å²) in [6, 6.07) is 11.9. The van der Waals surface area contributed by atoms with E-state index in [0.29, 0.717) is 0 Å². The second-order valence-electron chi connectivity index (χ2n) is 4.01. The number of hydrogen-bond donors (Lipinski definition) is 0. The first kappa shape index (κ1) is 13.5. The Morgan fingerprint density at radius 1 is 1.16 bits per heavy atom. The molecule has 19 heavy (non-hydrogen) atoms. The fourth-order valence-corrected chi connectivity index (χ4v) is 2.10. The highest BCUT2D eigenvalue weighted by molar-refractivity contribution is 5.85. The molecule has 1 aliphatic rings. The minimum Gasteiger partial charge on any atom is -0.357 e. The third kappa shape index (κ3) is 2.45. The van der Waals surface area contributed by atoms with Crippen LogP contribution in [0.5, 0.6) is 0 Å². The number of aromatic nitrogens is 1. The Morgan fingerprint density at radius 3 is 2.74 bits per heavy atom. The molecule has 3 rings (SSSR count). The molecule has 0 fully saturated rings. The first-order valence-electron chi connectivity index (χ1n) is 5.74. The fourth-order valence-electron chi connectivity index (χ4n) is 2.10. The third-order valence-electron chi connectivity index (χ3n) is 2.94. The second kappa shape index (κ2) is 5.82. The monoisotopic (exact) mass is 275 g/mol. The number of aliphatic imine (C=N–C) groups is 1. The summed E-state index contributed by atoms with van der Waals surface area (Å²) in [6.45, 7) is 0. The zero-order valence-electron chi connectivity index (χ0n) is 10.4. The Hall–Kier alpha value is -1.91. The largest absolute Gasteiger partial charge is 0.357 e. The van der Waals surface area contributed by atoms with Gasteiger partial charge in [-0.3, -0.25) is 4.98 Å². The van der Waals surface area contributed by atoms with Crippen LogP contribution in [0, 0.1) is 0 Å². The number of para-hydroxylation sites is 1. The van der Waals surface area contributed by atoms with Gasteiger partial charge in [0, 0.05) is 18.9 Å². The van der Waals surface area contributed by atoms with Gasteiger partial charge in [-0.05, 0) is 18.2 Å². The molecule has 2 heterocycles. The van der Waals surface area contributed by atoms with Crippen molar-refractivity contribution in [2.24, 2.45) is 4.99 Å². The number of rotatable bonds is 2. The summed E-state index contributed by atoms with van der Waals surface area (Å²) in [5, 5.41) is 0. The maximum absolute atomic E-state index is 5.59. The number of anilines is 1. The van der Waals surface area contributed by atoms with Gasteiger partial charge in [0.1, 0.15) is 0 Å². The number of methoxy groups -OCH3 is 1. The van der Waals surface area contributed by atoms with Crippen molar-refractivity contribution in [3.8, 4) is 0 Å². The Bertz CT molecular complexity index is 574. The van der Waals surface area contributed by atoms with E-state index in [1.807, 2.05) is 41.3 Å². The van der Waals surface area contributed by atoms with Gasteiger partial charge in [0.2, 0.25) is 0 Å². The molecular formula is C14H14ClN3O. The Kier molecular flexibility index (Phi) is 4.14. The lowest BCUT2D eigenvalue weighted by Gasteiger charge is -2.32. The standard InChI is InChI=1S/C14H13N3O.ClH/c1-18-14-12-6-2-3-7-13(12)16-10-17(14)11-5-4-8-15-9-11;/h2-10,14H,1H3;1H. The molecule has 1 aromatic carbocycles. The van der Waals surface area contributed by atoms with Crippen molar-refractivity contribution in [3.63, 3.8) is 0 Å². The number of hydrogen-bond acceptors (Lipinski definition) is 4. The highest BCUT2D eigenvalue weighted by Crippen LogP contribution is 2.35. The molecule has 98 valence electrons. The highest BCUT2D eigenvalue weighted by atomic mass is 35.5. The average Bonchev–Trinajstić information content (AvgIpc) is 2.47. The normalized spacial score (nSPS) is 16.7. The molecular weight excluding hydrogens is 262 g/mol. The number of benzene rings is 1. The molecule has 0 radical (unpaired) electrons. The smallest absolute Gasteiger partial charge is 0.163 e. The predicted octanol–water partition coefficient (Wildman–Crippen LogP) is 3.33. The quantitative estimate of drug-likeness (QED) is 0.844. The van der Waals surface area contributed by atoms with Crippen LogP contribution in [0.2, 0.25) is 0 Å². The Balaban J connectivity index is 0.00000133. The van der Waals surface area contributed by atoms with Gasteiger partial charge in [0.25, 0.3) is 0 Å². The molecule has 5 heteroatoms. The summed E-state index contributed by atoms with van der Waals surface area (Å²) in [4.78, 5) is 10.5.